The highest BCUT2D eigenvalue weighted by molar-refractivity contribution is 5.30. The van der Waals surface area contributed by atoms with Crippen molar-refractivity contribution in [2.24, 2.45) is 0 Å². The maximum Gasteiger partial charge on any atom is 0.436 e. The summed E-state index contributed by atoms with van der Waals surface area (Å²) >= 11 is 0. The van der Waals surface area contributed by atoms with Gasteiger partial charge in [0.15, 0.2) is 5.69 Å². The molecular formula is C9H6F3N3. The van der Waals surface area contributed by atoms with Crippen molar-refractivity contribution in [1.29, 1.82) is 0 Å². The minimum absolute atomic E-state index is 0.542. The monoisotopic (exact) mass is 213 g/mol. The molecule has 15 heavy (non-hydrogen) atoms. The molecule has 1 aromatic heterocycles. The van der Waals surface area contributed by atoms with Crippen molar-refractivity contribution in [3.8, 4) is 5.69 Å². The van der Waals surface area contributed by atoms with Gasteiger partial charge < -0.3 is 0 Å². The van der Waals surface area contributed by atoms with Crippen molar-refractivity contribution in [3.63, 3.8) is 0 Å². The minimum Gasteiger partial charge on any atom is -0.220 e. The van der Waals surface area contributed by atoms with Crippen molar-refractivity contribution in [2.75, 3.05) is 0 Å². The van der Waals surface area contributed by atoms with Crippen LogP contribution in [0.15, 0.2) is 36.5 Å². The van der Waals surface area contributed by atoms with Crippen LogP contribution < -0.4 is 0 Å². The van der Waals surface area contributed by atoms with Gasteiger partial charge in [0.2, 0.25) is 0 Å². The number of nitrogens with zero attached hydrogens (tertiary/aromatic N) is 3. The Balaban J connectivity index is 2.37. The Labute approximate surface area is 83.1 Å². The Morgan fingerprint density at radius 1 is 1.07 bits per heavy atom. The van der Waals surface area contributed by atoms with E-state index in [0.717, 1.165) is 10.9 Å². The van der Waals surface area contributed by atoms with E-state index in [0.29, 0.717) is 5.69 Å². The molecule has 0 saturated carbocycles. The van der Waals surface area contributed by atoms with Crippen LogP contribution in [0.2, 0.25) is 0 Å². The molecule has 0 atom stereocenters. The first-order chi connectivity index (χ1) is 7.07. The Morgan fingerprint density at radius 3 is 2.27 bits per heavy atom. The molecule has 0 aliphatic heterocycles. The molecule has 0 aliphatic rings. The summed E-state index contributed by atoms with van der Waals surface area (Å²) in [6.45, 7) is 0. The summed E-state index contributed by atoms with van der Waals surface area (Å²) in [6.07, 6.45) is -3.59. The fourth-order valence-electron chi connectivity index (χ4n) is 1.10. The quantitative estimate of drug-likeness (QED) is 0.727. The fourth-order valence-corrected chi connectivity index (χ4v) is 1.10. The van der Waals surface area contributed by atoms with Crippen LogP contribution in [0.25, 0.3) is 5.69 Å². The van der Waals surface area contributed by atoms with Crippen LogP contribution in [0.5, 0.6) is 0 Å². The van der Waals surface area contributed by atoms with Crippen LogP contribution in [-0.4, -0.2) is 15.0 Å². The molecule has 0 saturated heterocycles. The summed E-state index contributed by atoms with van der Waals surface area (Å²) in [5.41, 5.74) is -0.452. The zero-order valence-electron chi connectivity index (χ0n) is 7.44. The van der Waals surface area contributed by atoms with E-state index in [-0.39, 0.29) is 0 Å². The molecule has 2 aromatic rings. The maximum absolute atomic E-state index is 12.2. The van der Waals surface area contributed by atoms with Gasteiger partial charge in [0, 0.05) is 0 Å². The Kier molecular flexibility index (Phi) is 2.18. The normalized spacial score (nSPS) is 11.7. The van der Waals surface area contributed by atoms with Gasteiger partial charge in [-0.05, 0) is 12.1 Å². The van der Waals surface area contributed by atoms with Crippen LogP contribution in [0, 0.1) is 0 Å². The summed E-state index contributed by atoms with van der Waals surface area (Å²) in [6, 6.07) is 8.49. The second-order valence-electron chi connectivity index (χ2n) is 2.88. The largest absolute Gasteiger partial charge is 0.436 e. The first-order valence-electron chi connectivity index (χ1n) is 4.12. The van der Waals surface area contributed by atoms with Gasteiger partial charge in [0.25, 0.3) is 0 Å². The molecule has 0 aliphatic carbocycles. The number of benzene rings is 1. The number of alkyl halides is 3. The molecule has 0 unspecified atom stereocenters. The molecule has 78 valence electrons. The molecular weight excluding hydrogens is 207 g/mol. The van der Waals surface area contributed by atoms with Crippen molar-refractivity contribution < 1.29 is 13.2 Å². The molecule has 0 bridgehead atoms. The number of rotatable bonds is 1. The van der Waals surface area contributed by atoms with Gasteiger partial charge in [-0.15, -0.1) is 5.10 Å². The van der Waals surface area contributed by atoms with Gasteiger partial charge >= 0.3 is 6.18 Å². The average molecular weight is 213 g/mol. The summed E-state index contributed by atoms with van der Waals surface area (Å²) in [4.78, 5) is 0. The van der Waals surface area contributed by atoms with E-state index >= 15 is 0 Å². The van der Waals surface area contributed by atoms with E-state index in [1.54, 1.807) is 30.3 Å². The predicted octanol–water partition coefficient (Wildman–Crippen LogP) is 2.29. The highest BCUT2D eigenvalue weighted by atomic mass is 19.4. The third-order valence-corrected chi connectivity index (χ3v) is 1.80. The molecule has 6 heteroatoms. The van der Waals surface area contributed by atoms with E-state index in [1.807, 2.05) is 0 Å². The third kappa shape index (κ3) is 1.98. The Bertz CT molecular complexity index is 447. The fraction of sp³-hybridized carbons (Fsp3) is 0.111. The summed E-state index contributed by atoms with van der Waals surface area (Å²) < 4.78 is 37.7. The zero-order valence-corrected chi connectivity index (χ0v) is 7.44. The molecule has 0 fully saturated rings. The molecule has 0 spiro atoms. The Morgan fingerprint density at radius 2 is 1.73 bits per heavy atom. The van der Waals surface area contributed by atoms with Crippen molar-refractivity contribution in [1.82, 2.24) is 15.0 Å². The number of hydrogen-bond donors (Lipinski definition) is 0. The minimum atomic E-state index is -4.45. The van der Waals surface area contributed by atoms with Crippen LogP contribution >= 0.6 is 0 Å². The summed E-state index contributed by atoms with van der Waals surface area (Å²) in [7, 11) is 0. The van der Waals surface area contributed by atoms with Gasteiger partial charge in [-0.2, -0.15) is 13.2 Å². The lowest BCUT2D eigenvalue weighted by atomic mass is 10.3. The topological polar surface area (TPSA) is 30.7 Å². The van der Waals surface area contributed by atoms with E-state index in [2.05, 4.69) is 10.3 Å². The summed E-state index contributed by atoms with van der Waals surface area (Å²) in [5, 5.41) is 6.45. The first-order valence-corrected chi connectivity index (χ1v) is 4.12. The highest BCUT2D eigenvalue weighted by Gasteiger charge is 2.34. The lowest BCUT2D eigenvalue weighted by Gasteiger charge is -1.99. The summed E-state index contributed by atoms with van der Waals surface area (Å²) in [5.74, 6) is 0. The SMILES string of the molecule is FC(F)(F)c1cn(-c2ccccc2)nn1. The lowest BCUT2D eigenvalue weighted by molar-refractivity contribution is -0.141. The number of halogens is 3. The van der Waals surface area contributed by atoms with Crippen molar-refractivity contribution >= 4 is 0 Å². The molecule has 0 N–H and O–H groups in total. The predicted molar refractivity (Wildman–Crippen MR) is 46.4 cm³/mol. The number of aromatic nitrogens is 3. The van der Waals surface area contributed by atoms with E-state index in [9.17, 15) is 13.2 Å². The van der Waals surface area contributed by atoms with Crippen LogP contribution in [0.3, 0.4) is 0 Å². The van der Waals surface area contributed by atoms with Gasteiger partial charge in [-0.1, -0.05) is 23.4 Å². The Hall–Kier alpha value is -1.85. The standard InChI is InChI=1S/C9H6F3N3/c10-9(11,12)8-6-15(14-13-8)7-4-2-1-3-5-7/h1-6H. The van der Waals surface area contributed by atoms with Crippen LogP contribution in [0.4, 0.5) is 13.2 Å². The van der Waals surface area contributed by atoms with Crippen molar-refractivity contribution in [2.45, 2.75) is 6.18 Å². The van der Waals surface area contributed by atoms with Gasteiger partial charge in [0.05, 0.1) is 11.9 Å². The highest BCUT2D eigenvalue weighted by Crippen LogP contribution is 2.27. The molecule has 0 radical (unpaired) electrons. The maximum atomic E-state index is 12.2. The van der Waals surface area contributed by atoms with Gasteiger partial charge in [-0.25, -0.2) is 4.68 Å². The third-order valence-electron chi connectivity index (χ3n) is 1.80. The van der Waals surface area contributed by atoms with Crippen molar-refractivity contribution in [3.05, 3.63) is 42.2 Å². The second-order valence-corrected chi connectivity index (χ2v) is 2.88. The van der Waals surface area contributed by atoms with Crippen LogP contribution in [0.1, 0.15) is 5.69 Å². The van der Waals surface area contributed by atoms with Gasteiger partial charge in [0.1, 0.15) is 0 Å². The number of para-hydroxylation sites is 1. The van der Waals surface area contributed by atoms with Gasteiger partial charge in [-0.3, -0.25) is 0 Å². The van der Waals surface area contributed by atoms with Crippen LogP contribution in [-0.2, 0) is 6.18 Å². The zero-order chi connectivity index (χ0) is 10.9. The first kappa shape index (κ1) is 9.70. The molecule has 1 aromatic carbocycles. The smallest absolute Gasteiger partial charge is 0.220 e. The molecule has 0 amide bonds. The molecule has 3 nitrogen and oxygen atoms in total. The van der Waals surface area contributed by atoms with E-state index in [4.69, 9.17) is 0 Å². The van der Waals surface area contributed by atoms with E-state index < -0.39 is 11.9 Å². The second kappa shape index (κ2) is 3.38. The lowest BCUT2D eigenvalue weighted by Crippen LogP contribution is -2.04. The molecule has 1 heterocycles. The van der Waals surface area contributed by atoms with E-state index in [1.165, 1.54) is 0 Å². The average Bonchev–Trinajstić information content (AvgIpc) is 2.67. The number of hydrogen-bond acceptors (Lipinski definition) is 2. The molecule has 2 rings (SSSR count).